The molecule has 206 valence electrons. The number of aliphatic carboxylic acids is 1. The van der Waals surface area contributed by atoms with Gasteiger partial charge < -0.3 is 25.6 Å². The van der Waals surface area contributed by atoms with Gasteiger partial charge in [0.2, 0.25) is 11.9 Å². The van der Waals surface area contributed by atoms with Crippen molar-refractivity contribution in [1.29, 1.82) is 0 Å². The number of aromatic amines is 1. The average Bonchev–Trinajstić information content (AvgIpc) is 3.26. The number of nitrogens with zero attached hydrogens (tertiary/aromatic N) is 4. The second-order valence-corrected chi connectivity index (χ2v) is 10.6. The summed E-state index contributed by atoms with van der Waals surface area (Å²) in [6, 6.07) is 9.24. The molecule has 2 unspecified atom stereocenters. The highest BCUT2D eigenvalue weighted by molar-refractivity contribution is 9.10. The highest BCUT2D eigenvalue weighted by Crippen LogP contribution is 2.29. The number of hydrogen-bond acceptors (Lipinski definition) is 8. The number of aliphatic hydroxyl groups is 1. The number of H-pyrrole nitrogens is 1. The molecule has 0 spiro atoms. The van der Waals surface area contributed by atoms with Gasteiger partial charge in [0.1, 0.15) is 0 Å². The number of anilines is 2. The molecule has 0 saturated carbocycles. The first kappa shape index (κ1) is 29.1. The Morgan fingerprint density at radius 1 is 1.24 bits per heavy atom. The van der Waals surface area contributed by atoms with Crippen molar-refractivity contribution in [3.63, 3.8) is 0 Å². The van der Waals surface area contributed by atoms with E-state index in [1.165, 1.54) is 5.56 Å². The predicted molar refractivity (Wildman–Crippen MR) is 134 cm³/mol. The fourth-order valence-corrected chi connectivity index (χ4v) is 4.73. The van der Waals surface area contributed by atoms with Gasteiger partial charge >= 0.3 is 12.1 Å². The molecule has 2 saturated heterocycles. The monoisotopic (exact) mass is 592 g/mol. The fourth-order valence-electron chi connectivity index (χ4n) is 4.46. The van der Waals surface area contributed by atoms with Gasteiger partial charge in [-0.15, -0.1) is 5.10 Å². The number of benzene rings is 1. The minimum absolute atomic E-state index is 0.190. The molecule has 0 aliphatic carbocycles. The lowest BCUT2D eigenvalue weighted by Gasteiger charge is -2.48. The largest absolute Gasteiger partial charge is 0.490 e. The Balaban J connectivity index is 0.000000479. The maximum Gasteiger partial charge on any atom is 0.490 e. The van der Waals surface area contributed by atoms with Crippen LogP contribution in [0, 0.1) is 0 Å². The number of carboxylic acids is 1. The van der Waals surface area contributed by atoms with E-state index in [1.807, 2.05) is 13.8 Å². The van der Waals surface area contributed by atoms with Crippen molar-refractivity contribution in [2.24, 2.45) is 0 Å². The summed E-state index contributed by atoms with van der Waals surface area (Å²) in [6.45, 7) is 6.81. The highest BCUT2D eigenvalue weighted by atomic mass is 79.9. The third kappa shape index (κ3) is 8.28. The number of alkyl halides is 3. The molecule has 1 aromatic heterocycles. The molecular weight excluding hydrogens is 561 g/mol. The molecule has 0 amide bonds. The lowest BCUT2D eigenvalue weighted by atomic mass is 9.92. The summed E-state index contributed by atoms with van der Waals surface area (Å²) in [6.07, 6.45) is -2.30. The number of carbonyl (C=O) groups is 1. The summed E-state index contributed by atoms with van der Waals surface area (Å²) in [7, 11) is 0. The van der Waals surface area contributed by atoms with Crippen LogP contribution in [0.3, 0.4) is 0 Å². The molecule has 0 bridgehead atoms. The van der Waals surface area contributed by atoms with Crippen LogP contribution in [0.5, 0.6) is 0 Å². The van der Waals surface area contributed by atoms with E-state index in [-0.39, 0.29) is 6.10 Å². The molecule has 2 aliphatic rings. The molecular formula is C23H32BrF3N6O4. The first-order valence-corrected chi connectivity index (χ1v) is 12.6. The number of hydrogen-bond donors (Lipinski definition) is 4. The van der Waals surface area contributed by atoms with E-state index in [9.17, 15) is 18.3 Å². The fraction of sp³-hybridized carbons (Fsp3) is 0.609. The van der Waals surface area contributed by atoms with E-state index in [4.69, 9.17) is 20.4 Å². The second-order valence-electron chi connectivity index (χ2n) is 9.70. The van der Waals surface area contributed by atoms with E-state index >= 15 is 0 Å². The molecule has 2 fully saturated rings. The van der Waals surface area contributed by atoms with Gasteiger partial charge in [0.25, 0.3) is 0 Å². The van der Waals surface area contributed by atoms with Crippen molar-refractivity contribution in [1.82, 2.24) is 20.1 Å². The number of halogens is 4. The number of nitrogen functional groups attached to an aromatic ring is 1. The Morgan fingerprint density at radius 2 is 1.84 bits per heavy atom. The summed E-state index contributed by atoms with van der Waals surface area (Å²) in [5.74, 6) is -1.73. The summed E-state index contributed by atoms with van der Waals surface area (Å²) in [5.41, 5.74) is 6.12. The number of rotatable bonds is 5. The van der Waals surface area contributed by atoms with Gasteiger partial charge in [0, 0.05) is 36.2 Å². The van der Waals surface area contributed by atoms with E-state index in [0.29, 0.717) is 30.6 Å². The van der Waals surface area contributed by atoms with Crippen LogP contribution in [0.1, 0.15) is 32.3 Å². The van der Waals surface area contributed by atoms with Crippen LogP contribution in [-0.2, 0) is 16.0 Å². The number of nitrogens with one attached hydrogen (secondary N) is 1. The zero-order valence-corrected chi connectivity index (χ0v) is 22.2. The zero-order chi connectivity index (χ0) is 27.4. The third-order valence-electron chi connectivity index (χ3n) is 6.46. The molecule has 1 aromatic carbocycles. The molecule has 2 aliphatic heterocycles. The zero-order valence-electron chi connectivity index (χ0n) is 20.6. The lowest BCUT2D eigenvalue weighted by Crippen LogP contribution is -2.61. The smallest absolute Gasteiger partial charge is 0.475 e. The number of ether oxygens (including phenoxy) is 1. The SMILES string of the molecule is CC(C)(O)C1CN(C2CCN(c3n[nH]c(N)n3)CC2)C(Cc2ccc(Br)cc2)CO1.O=C(O)C(F)(F)F. The molecule has 14 heteroatoms. The van der Waals surface area contributed by atoms with Crippen LogP contribution in [0.25, 0.3) is 0 Å². The maximum atomic E-state index is 10.6. The molecule has 10 nitrogen and oxygen atoms in total. The van der Waals surface area contributed by atoms with Crippen molar-refractivity contribution >= 4 is 33.8 Å². The number of aromatic nitrogens is 3. The first-order chi connectivity index (χ1) is 17.2. The minimum atomic E-state index is -5.08. The number of nitrogens with two attached hydrogens (primary N) is 1. The molecule has 4 rings (SSSR count). The van der Waals surface area contributed by atoms with Crippen molar-refractivity contribution in [3.8, 4) is 0 Å². The molecule has 5 N–H and O–H groups in total. The maximum absolute atomic E-state index is 10.6. The van der Waals surface area contributed by atoms with Crippen LogP contribution in [0.2, 0.25) is 0 Å². The minimum Gasteiger partial charge on any atom is -0.475 e. The molecule has 2 atom stereocenters. The van der Waals surface area contributed by atoms with Crippen molar-refractivity contribution < 1.29 is 32.9 Å². The van der Waals surface area contributed by atoms with Crippen molar-refractivity contribution in [2.45, 2.75) is 63.1 Å². The Kier molecular flexibility index (Phi) is 9.42. The number of piperidine rings is 1. The average molecular weight is 593 g/mol. The van der Waals surface area contributed by atoms with E-state index in [0.717, 1.165) is 43.4 Å². The van der Waals surface area contributed by atoms with E-state index in [2.05, 4.69) is 65.2 Å². The van der Waals surface area contributed by atoms with Crippen LogP contribution in [0.4, 0.5) is 25.1 Å². The van der Waals surface area contributed by atoms with E-state index < -0.39 is 17.7 Å². The van der Waals surface area contributed by atoms with Crippen LogP contribution in [0.15, 0.2) is 28.7 Å². The highest BCUT2D eigenvalue weighted by Gasteiger charge is 2.40. The Bertz CT molecular complexity index is 1020. The lowest BCUT2D eigenvalue weighted by molar-refractivity contribution is -0.192. The summed E-state index contributed by atoms with van der Waals surface area (Å²) >= 11 is 3.51. The van der Waals surface area contributed by atoms with Crippen molar-refractivity contribution in [2.75, 3.05) is 36.9 Å². The first-order valence-electron chi connectivity index (χ1n) is 11.8. The van der Waals surface area contributed by atoms with Crippen LogP contribution in [-0.4, -0.2) is 92.5 Å². The molecule has 0 radical (unpaired) electrons. The summed E-state index contributed by atoms with van der Waals surface area (Å²) in [4.78, 5) is 17.9. The Labute approximate surface area is 221 Å². The summed E-state index contributed by atoms with van der Waals surface area (Å²) < 4.78 is 38.9. The Hall–Kier alpha value is -2.42. The van der Waals surface area contributed by atoms with Gasteiger partial charge in [-0.2, -0.15) is 18.2 Å². The third-order valence-corrected chi connectivity index (χ3v) is 6.99. The van der Waals surface area contributed by atoms with Gasteiger partial charge in [-0.25, -0.2) is 9.89 Å². The van der Waals surface area contributed by atoms with Crippen LogP contribution >= 0.6 is 15.9 Å². The quantitative estimate of drug-likeness (QED) is 0.412. The Morgan fingerprint density at radius 3 is 2.32 bits per heavy atom. The van der Waals surface area contributed by atoms with Gasteiger partial charge in [-0.3, -0.25) is 4.90 Å². The standard InChI is InChI=1S/C21H31BrN6O2.C2HF3O2/c1-21(2,29)18-12-28(17(13-30-18)11-14-3-5-15(22)6-4-14)16-7-9-27(10-8-16)20-24-19(23)25-26-20;3-2(4,5)1(6)7/h3-6,16-18,29H,7-13H2,1-2H3,(H3,23,24,25,26);(H,6,7). The second kappa shape index (κ2) is 12.0. The van der Waals surface area contributed by atoms with Gasteiger partial charge in [0.05, 0.1) is 18.3 Å². The molecule has 37 heavy (non-hydrogen) atoms. The number of carboxylic acid groups (broad SMARTS) is 1. The topological polar surface area (TPSA) is 141 Å². The molecule has 3 heterocycles. The van der Waals surface area contributed by atoms with Crippen molar-refractivity contribution in [3.05, 3.63) is 34.3 Å². The van der Waals surface area contributed by atoms with Gasteiger partial charge in [-0.1, -0.05) is 28.1 Å². The summed E-state index contributed by atoms with van der Waals surface area (Å²) in [5, 5.41) is 24.6. The molecule has 2 aromatic rings. The number of morpholine rings is 1. The van der Waals surface area contributed by atoms with Gasteiger partial charge in [0.15, 0.2) is 0 Å². The van der Waals surface area contributed by atoms with E-state index in [1.54, 1.807) is 0 Å². The van der Waals surface area contributed by atoms with Gasteiger partial charge in [-0.05, 0) is 50.8 Å². The normalized spacial score (nSPS) is 21.9. The van der Waals surface area contributed by atoms with Crippen LogP contribution < -0.4 is 10.6 Å². The predicted octanol–water partition coefficient (Wildman–Crippen LogP) is 2.83.